The Hall–Kier alpha value is -2.00. The molecular weight excluding hydrogens is 430 g/mol. The molecular formula is C25H47N7O2. The molecule has 2 heterocycles. The fraction of sp³-hybridized carbons (Fsp3) is 0.840. The first kappa shape index (κ1) is 28.2. The number of nitrogens with zero attached hydrogens (tertiary/aromatic N) is 5. The summed E-state index contributed by atoms with van der Waals surface area (Å²) in [6, 6.07) is 0. The molecule has 0 aromatic carbocycles. The van der Waals surface area contributed by atoms with E-state index in [0.29, 0.717) is 12.4 Å². The highest BCUT2D eigenvalue weighted by atomic mass is 16.6. The molecule has 0 saturated carbocycles. The number of hydrogen-bond donors (Lipinski definition) is 2. The Morgan fingerprint density at radius 3 is 1.85 bits per heavy atom. The zero-order valence-corrected chi connectivity index (χ0v) is 21.6. The molecule has 1 saturated heterocycles. The predicted octanol–water partition coefficient (Wildman–Crippen LogP) is 5.85. The van der Waals surface area contributed by atoms with Crippen LogP contribution in [0.2, 0.25) is 0 Å². The molecule has 0 radical (unpaired) electrons. The van der Waals surface area contributed by atoms with Crippen molar-refractivity contribution in [2.24, 2.45) is 0 Å². The fourth-order valence-corrected chi connectivity index (χ4v) is 4.36. The van der Waals surface area contributed by atoms with Crippen LogP contribution in [0.3, 0.4) is 0 Å². The Kier molecular flexibility index (Phi) is 14.5. The van der Waals surface area contributed by atoms with E-state index in [1.807, 2.05) is 5.01 Å². The third-order valence-corrected chi connectivity index (χ3v) is 6.59. The fourth-order valence-electron chi connectivity index (χ4n) is 4.36. The second kappa shape index (κ2) is 17.4. The summed E-state index contributed by atoms with van der Waals surface area (Å²) in [4.78, 5) is 21.8. The number of aromatic nitrogens is 2. The smallest absolute Gasteiger partial charge is 0.354 e. The minimum Gasteiger partial charge on any atom is -0.364 e. The molecule has 0 bridgehead atoms. The largest absolute Gasteiger partial charge is 0.364 e. The lowest BCUT2D eigenvalue weighted by Gasteiger charge is -2.32. The summed E-state index contributed by atoms with van der Waals surface area (Å²) in [6.07, 6.45) is 19.8. The molecule has 1 aromatic rings. The molecule has 34 heavy (non-hydrogen) atoms. The number of nitrogens with one attached hydrogen (secondary N) is 2. The summed E-state index contributed by atoms with van der Waals surface area (Å²) in [5.74, 6) is 0.555. The highest BCUT2D eigenvalue weighted by Crippen LogP contribution is 2.29. The zero-order chi connectivity index (χ0) is 24.4. The van der Waals surface area contributed by atoms with Gasteiger partial charge in [0.25, 0.3) is 0 Å². The minimum atomic E-state index is -0.397. The first-order valence-corrected chi connectivity index (χ1v) is 13.5. The maximum atomic E-state index is 11.7. The SMILES string of the molecule is CCCCCCCCCCCCCCCCNc1ncnc(NN2CCN(C)CC2)c1[N+](=O)[O-]. The first-order valence-electron chi connectivity index (χ1n) is 13.5. The molecule has 1 aliphatic heterocycles. The van der Waals surface area contributed by atoms with E-state index in [-0.39, 0.29) is 11.5 Å². The van der Waals surface area contributed by atoms with E-state index in [1.54, 1.807) is 0 Å². The van der Waals surface area contributed by atoms with Gasteiger partial charge in [0.2, 0.25) is 11.6 Å². The summed E-state index contributed by atoms with van der Waals surface area (Å²) in [5, 5.41) is 16.9. The minimum absolute atomic E-state index is 0.0770. The average molecular weight is 478 g/mol. The van der Waals surface area contributed by atoms with Crippen LogP contribution in [0, 0.1) is 10.1 Å². The highest BCUT2D eigenvalue weighted by molar-refractivity contribution is 5.68. The van der Waals surface area contributed by atoms with Crippen LogP contribution in [0.1, 0.15) is 96.8 Å². The molecule has 0 aliphatic carbocycles. The number of unbranched alkanes of at least 4 members (excludes halogenated alkanes) is 13. The lowest BCUT2D eigenvalue weighted by atomic mass is 10.0. The third kappa shape index (κ3) is 11.4. The second-order valence-corrected chi connectivity index (χ2v) is 9.60. The van der Waals surface area contributed by atoms with Crippen LogP contribution >= 0.6 is 0 Å². The Bertz CT molecular complexity index is 681. The van der Waals surface area contributed by atoms with Crippen molar-refractivity contribution >= 4 is 17.3 Å². The first-order chi connectivity index (χ1) is 16.6. The predicted molar refractivity (Wildman–Crippen MR) is 140 cm³/mol. The number of hydrazine groups is 1. The summed E-state index contributed by atoms with van der Waals surface area (Å²) >= 11 is 0. The molecule has 194 valence electrons. The molecule has 0 amide bonds. The van der Waals surface area contributed by atoms with Crippen LogP contribution < -0.4 is 10.7 Å². The topological polar surface area (TPSA) is 99.5 Å². The molecule has 2 N–H and O–H groups in total. The van der Waals surface area contributed by atoms with Crippen LogP contribution in [-0.4, -0.2) is 64.6 Å². The maximum absolute atomic E-state index is 11.7. The molecule has 0 atom stereocenters. The van der Waals surface area contributed by atoms with Gasteiger partial charge in [0, 0.05) is 32.7 Å². The van der Waals surface area contributed by atoms with Crippen molar-refractivity contribution < 1.29 is 4.92 Å². The van der Waals surface area contributed by atoms with Crippen molar-refractivity contribution in [1.29, 1.82) is 0 Å². The van der Waals surface area contributed by atoms with E-state index >= 15 is 0 Å². The lowest BCUT2D eigenvalue weighted by Crippen LogP contribution is -2.47. The van der Waals surface area contributed by atoms with Gasteiger partial charge in [-0.1, -0.05) is 90.4 Å². The quantitative estimate of drug-likeness (QED) is 0.145. The number of anilines is 2. The van der Waals surface area contributed by atoms with Gasteiger partial charge in [-0.2, -0.15) is 0 Å². The maximum Gasteiger partial charge on any atom is 0.354 e. The van der Waals surface area contributed by atoms with Crippen molar-refractivity contribution in [3.8, 4) is 0 Å². The van der Waals surface area contributed by atoms with Crippen LogP contribution in [0.5, 0.6) is 0 Å². The number of rotatable bonds is 19. The van der Waals surface area contributed by atoms with Crippen LogP contribution in [0.15, 0.2) is 6.33 Å². The molecule has 0 spiro atoms. The number of piperazine rings is 1. The summed E-state index contributed by atoms with van der Waals surface area (Å²) < 4.78 is 0. The Labute approximate surface area is 206 Å². The van der Waals surface area contributed by atoms with E-state index in [9.17, 15) is 10.1 Å². The van der Waals surface area contributed by atoms with Gasteiger partial charge in [-0.15, -0.1) is 0 Å². The molecule has 1 fully saturated rings. The number of likely N-dealkylation sites (N-methyl/N-ethyl adjacent to an activating group) is 1. The van der Waals surface area contributed by atoms with Crippen LogP contribution in [0.25, 0.3) is 0 Å². The van der Waals surface area contributed by atoms with Crippen LogP contribution in [-0.2, 0) is 0 Å². The lowest BCUT2D eigenvalue weighted by molar-refractivity contribution is -0.383. The number of nitro groups is 1. The summed E-state index contributed by atoms with van der Waals surface area (Å²) in [5.41, 5.74) is 3.04. The van der Waals surface area contributed by atoms with Gasteiger partial charge in [-0.25, -0.2) is 15.0 Å². The Morgan fingerprint density at radius 2 is 1.32 bits per heavy atom. The zero-order valence-electron chi connectivity index (χ0n) is 21.6. The Morgan fingerprint density at radius 1 is 0.824 bits per heavy atom. The summed E-state index contributed by atoms with van der Waals surface area (Å²) in [6.45, 7) is 6.36. The van der Waals surface area contributed by atoms with E-state index in [2.05, 4.69) is 39.6 Å². The van der Waals surface area contributed by atoms with Crippen molar-refractivity contribution in [1.82, 2.24) is 19.9 Å². The van der Waals surface area contributed by atoms with Crippen molar-refractivity contribution in [2.45, 2.75) is 96.8 Å². The molecule has 9 nitrogen and oxygen atoms in total. The average Bonchev–Trinajstić information content (AvgIpc) is 2.83. The number of hydrogen-bond acceptors (Lipinski definition) is 8. The van der Waals surface area contributed by atoms with Gasteiger partial charge in [0.1, 0.15) is 6.33 Å². The van der Waals surface area contributed by atoms with Gasteiger partial charge in [-0.05, 0) is 13.5 Å². The van der Waals surface area contributed by atoms with E-state index in [1.165, 1.54) is 83.4 Å². The molecule has 2 rings (SSSR count). The van der Waals surface area contributed by atoms with Crippen LogP contribution in [0.4, 0.5) is 17.3 Å². The van der Waals surface area contributed by atoms with E-state index in [0.717, 1.165) is 39.0 Å². The van der Waals surface area contributed by atoms with E-state index in [4.69, 9.17) is 0 Å². The van der Waals surface area contributed by atoms with Gasteiger partial charge in [0.05, 0.1) is 4.92 Å². The summed E-state index contributed by atoms with van der Waals surface area (Å²) in [7, 11) is 2.07. The van der Waals surface area contributed by atoms with Gasteiger partial charge in [0.15, 0.2) is 0 Å². The Balaban J connectivity index is 1.57. The molecule has 0 unspecified atom stereocenters. The normalized spacial score (nSPS) is 14.9. The van der Waals surface area contributed by atoms with Gasteiger partial charge >= 0.3 is 5.69 Å². The monoisotopic (exact) mass is 477 g/mol. The van der Waals surface area contributed by atoms with Crippen molar-refractivity contribution in [3.63, 3.8) is 0 Å². The highest BCUT2D eigenvalue weighted by Gasteiger charge is 2.25. The second-order valence-electron chi connectivity index (χ2n) is 9.60. The van der Waals surface area contributed by atoms with Crippen molar-refractivity contribution in [3.05, 3.63) is 16.4 Å². The van der Waals surface area contributed by atoms with Gasteiger partial charge in [-0.3, -0.25) is 15.5 Å². The molecule has 1 aromatic heterocycles. The molecule has 9 heteroatoms. The molecule has 1 aliphatic rings. The van der Waals surface area contributed by atoms with Gasteiger partial charge < -0.3 is 10.2 Å². The standard InChI is InChI=1S/C25H47N7O2/c1-3-4-5-6-7-8-9-10-11-12-13-14-15-16-17-26-24-23(32(33)34)25(28-22-27-24)29-31-20-18-30(2)19-21-31/h22H,3-21H2,1-2H3,(H2,26,27,28,29). The third-order valence-electron chi connectivity index (χ3n) is 6.59. The van der Waals surface area contributed by atoms with Crippen molar-refractivity contribution in [2.75, 3.05) is 50.5 Å². The van der Waals surface area contributed by atoms with E-state index < -0.39 is 4.92 Å².